The van der Waals surface area contributed by atoms with Crippen LogP contribution in [0.2, 0.25) is 0 Å². The highest BCUT2D eigenvalue weighted by Gasteiger charge is 2.35. The minimum atomic E-state index is -0.970. The molecule has 3 atom stereocenters. The number of nitrogens with one attached hydrogen (secondary N) is 1. The van der Waals surface area contributed by atoms with E-state index < -0.39 is 48.3 Å². The molecular formula is C16H16FN3O5. The van der Waals surface area contributed by atoms with Gasteiger partial charge < -0.3 is 20.3 Å². The zero-order chi connectivity index (χ0) is 18.0. The fourth-order valence-electron chi connectivity index (χ4n) is 2.56. The number of amides is 1. The van der Waals surface area contributed by atoms with Crippen molar-refractivity contribution in [2.75, 3.05) is 11.9 Å². The first-order valence-electron chi connectivity index (χ1n) is 7.59. The molecule has 0 bridgehead atoms. The van der Waals surface area contributed by atoms with Gasteiger partial charge in [-0.2, -0.15) is 4.98 Å². The van der Waals surface area contributed by atoms with Crippen LogP contribution in [0.1, 0.15) is 23.0 Å². The lowest BCUT2D eigenvalue weighted by Crippen LogP contribution is -2.30. The topological polar surface area (TPSA) is 114 Å². The molecular weight excluding hydrogens is 333 g/mol. The zero-order valence-electron chi connectivity index (χ0n) is 13.0. The zero-order valence-corrected chi connectivity index (χ0v) is 13.0. The first kappa shape index (κ1) is 17.2. The molecule has 1 saturated heterocycles. The summed E-state index contributed by atoms with van der Waals surface area (Å²) >= 11 is 0. The Labute approximate surface area is 141 Å². The van der Waals surface area contributed by atoms with Crippen molar-refractivity contribution < 1.29 is 24.1 Å². The largest absolute Gasteiger partial charge is 0.394 e. The van der Waals surface area contributed by atoms with Crippen LogP contribution in [0.4, 0.5) is 10.2 Å². The molecule has 2 aromatic rings. The number of anilines is 1. The van der Waals surface area contributed by atoms with E-state index in [4.69, 9.17) is 9.84 Å². The number of rotatable bonds is 4. The monoisotopic (exact) mass is 349 g/mol. The van der Waals surface area contributed by atoms with Crippen LogP contribution < -0.4 is 11.0 Å². The molecule has 8 nitrogen and oxygen atoms in total. The first-order valence-corrected chi connectivity index (χ1v) is 7.59. The van der Waals surface area contributed by atoms with Gasteiger partial charge in [0, 0.05) is 12.0 Å². The third kappa shape index (κ3) is 3.58. The van der Waals surface area contributed by atoms with E-state index in [-0.39, 0.29) is 6.42 Å². The number of halogens is 1. The molecule has 25 heavy (non-hydrogen) atoms. The van der Waals surface area contributed by atoms with E-state index in [9.17, 15) is 19.1 Å². The van der Waals surface area contributed by atoms with E-state index in [0.29, 0.717) is 5.56 Å². The Morgan fingerprint density at radius 1 is 1.40 bits per heavy atom. The molecule has 1 aromatic heterocycles. The second kappa shape index (κ2) is 7.09. The maximum atomic E-state index is 14.2. The number of benzene rings is 1. The summed E-state index contributed by atoms with van der Waals surface area (Å²) in [7, 11) is 0. The number of carbonyl (C=O) groups is 1. The van der Waals surface area contributed by atoms with Gasteiger partial charge in [0.15, 0.2) is 11.6 Å². The number of hydrogen-bond acceptors (Lipinski definition) is 6. The van der Waals surface area contributed by atoms with Crippen LogP contribution in [0.25, 0.3) is 0 Å². The van der Waals surface area contributed by atoms with Crippen LogP contribution in [-0.4, -0.2) is 44.5 Å². The minimum absolute atomic E-state index is 0.0158. The average molecular weight is 349 g/mol. The van der Waals surface area contributed by atoms with Crippen LogP contribution in [0.5, 0.6) is 0 Å². The Bertz CT molecular complexity index is 826. The van der Waals surface area contributed by atoms with Gasteiger partial charge >= 0.3 is 5.69 Å². The molecule has 1 aromatic carbocycles. The van der Waals surface area contributed by atoms with E-state index in [0.717, 1.165) is 10.8 Å². The van der Waals surface area contributed by atoms with Crippen molar-refractivity contribution in [1.29, 1.82) is 0 Å². The number of aliphatic hydroxyl groups is 2. The third-order valence-corrected chi connectivity index (χ3v) is 3.87. The molecule has 1 unspecified atom stereocenters. The molecule has 2 heterocycles. The lowest BCUT2D eigenvalue weighted by molar-refractivity contribution is -0.0461. The number of hydrogen-bond donors (Lipinski definition) is 3. The molecule has 1 amide bonds. The van der Waals surface area contributed by atoms with Gasteiger partial charge in [-0.15, -0.1) is 0 Å². The summed E-state index contributed by atoms with van der Waals surface area (Å²) in [6, 6.07) is 8.11. The van der Waals surface area contributed by atoms with Crippen molar-refractivity contribution in [3.8, 4) is 0 Å². The van der Waals surface area contributed by atoms with Gasteiger partial charge in [0.1, 0.15) is 12.3 Å². The first-order chi connectivity index (χ1) is 12.0. The highest BCUT2D eigenvalue weighted by molar-refractivity contribution is 6.03. The van der Waals surface area contributed by atoms with E-state index in [2.05, 4.69) is 10.3 Å². The van der Waals surface area contributed by atoms with Gasteiger partial charge in [-0.1, -0.05) is 18.2 Å². The van der Waals surface area contributed by atoms with Crippen molar-refractivity contribution >= 4 is 11.7 Å². The summed E-state index contributed by atoms with van der Waals surface area (Å²) in [5, 5.41) is 21.0. The molecule has 0 aliphatic carbocycles. The smallest absolute Gasteiger partial charge is 0.351 e. The number of ether oxygens (including phenoxy) is 1. The van der Waals surface area contributed by atoms with Crippen LogP contribution in [0.15, 0.2) is 41.3 Å². The van der Waals surface area contributed by atoms with E-state index in [1.807, 2.05) is 0 Å². The summed E-state index contributed by atoms with van der Waals surface area (Å²) in [6.07, 6.45) is -1.89. The van der Waals surface area contributed by atoms with Gasteiger partial charge in [-0.05, 0) is 12.1 Å². The highest BCUT2D eigenvalue weighted by atomic mass is 19.1. The van der Waals surface area contributed by atoms with Crippen LogP contribution >= 0.6 is 0 Å². The molecule has 132 valence electrons. The maximum Gasteiger partial charge on any atom is 0.351 e. The second-order valence-corrected chi connectivity index (χ2v) is 5.56. The molecule has 1 aliphatic rings. The van der Waals surface area contributed by atoms with Crippen LogP contribution in [0, 0.1) is 5.82 Å². The van der Waals surface area contributed by atoms with Crippen LogP contribution in [-0.2, 0) is 4.74 Å². The van der Waals surface area contributed by atoms with Gasteiger partial charge in [-0.3, -0.25) is 9.36 Å². The molecule has 0 radical (unpaired) electrons. The van der Waals surface area contributed by atoms with Gasteiger partial charge in [0.2, 0.25) is 0 Å². The van der Waals surface area contributed by atoms with Gasteiger partial charge in [0.05, 0.1) is 18.9 Å². The summed E-state index contributed by atoms with van der Waals surface area (Å²) in [5.74, 6) is -2.01. The molecule has 3 N–H and O–H groups in total. The number of aromatic nitrogens is 2. The number of nitrogens with zero attached hydrogens (tertiary/aromatic N) is 2. The summed E-state index contributed by atoms with van der Waals surface area (Å²) < 4.78 is 20.4. The highest BCUT2D eigenvalue weighted by Crippen LogP contribution is 2.27. The molecule has 0 saturated carbocycles. The Morgan fingerprint density at radius 2 is 2.12 bits per heavy atom. The molecule has 1 fully saturated rings. The SMILES string of the molecule is O=C(Nc1nc(=O)n([C@H]2CC(O)[C@@H](CO)O2)cc1F)c1ccccc1. The van der Waals surface area contributed by atoms with Gasteiger partial charge in [-0.25, -0.2) is 9.18 Å². The van der Waals surface area contributed by atoms with E-state index in [1.54, 1.807) is 18.2 Å². The Balaban J connectivity index is 1.81. The van der Waals surface area contributed by atoms with Gasteiger partial charge in [0.25, 0.3) is 5.91 Å². The van der Waals surface area contributed by atoms with Crippen molar-refractivity contribution in [3.63, 3.8) is 0 Å². The van der Waals surface area contributed by atoms with Crippen molar-refractivity contribution in [1.82, 2.24) is 9.55 Å². The van der Waals surface area contributed by atoms with E-state index in [1.165, 1.54) is 12.1 Å². The Morgan fingerprint density at radius 3 is 2.76 bits per heavy atom. The molecule has 1 aliphatic heterocycles. The van der Waals surface area contributed by atoms with Crippen molar-refractivity contribution in [2.24, 2.45) is 0 Å². The summed E-state index contributed by atoms with van der Waals surface area (Å²) in [4.78, 5) is 27.7. The molecule has 9 heteroatoms. The summed E-state index contributed by atoms with van der Waals surface area (Å²) in [6.45, 7) is -0.423. The molecule has 0 spiro atoms. The quantitative estimate of drug-likeness (QED) is 0.730. The van der Waals surface area contributed by atoms with E-state index >= 15 is 0 Å². The summed E-state index contributed by atoms with van der Waals surface area (Å²) in [5.41, 5.74) is -0.554. The predicted molar refractivity (Wildman–Crippen MR) is 84.5 cm³/mol. The second-order valence-electron chi connectivity index (χ2n) is 5.56. The van der Waals surface area contributed by atoms with Crippen molar-refractivity contribution in [2.45, 2.75) is 24.9 Å². The lowest BCUT2D eigenvalue weighted by Gasteiger charge is -2.15. The predicted octanol–water partition coefficient (Wildman–Crippen LogP) is 0.275. The minimum Gasteiger partial charge on any atom is -0.394 e. The average Bonchev–Trinajstić information content (AvgIpc) is 2.99. The fourth-order valence-corrected chi connectivity index (χ4v) is 2.56. The normalized spacial score (nSPS) is 22.8. The van der Waals surface area contributed by atoms with Crippen LogP contribution in [0.3, 0.4) is 0 Å². The fraction of sp³-hybridized carbons (Fsp3) is 0.312. The Hall–Kier alpha value is -2.62. The Kier molecular flexibility index (Phi) is 4.88. The number of aliphatic hydroxyl groups excluding tert-OH is 2. The third-order valence-electron chi connectivity index (χ3n) is 3.87. The maximum absolute atomic E-state index is 14.2. The number of carbonyl (C=O) groups excluding carboxylic acids is 1. The molecule has 3 rings (SSSR count). The standard InChI is InChI=1S/C16H16FN3O5/c17-10-7-20(13-6-11(22)12(8-21)25-13)16(24)19-14(10)18-15(23)9-4-2-1-3-5-9/h1-5,7,11-13,21-22H,6,8H2,(H,18,19,23,24)/t11?,12-,13-/m1/s1. The van der Waals surface area contributed by atoms with Crippen molar-refractivity contribution in [3.05, 3.63) is 58.4 Å². The lowest BCUT2D eigenvalue weighted by atomic mass is 10.2.